The Kier molecular flexibility index (Phi) is 3.74. The molecule has 1 saturated heterocycles. The summed E-state index contributed by atoms with van der Waals surface area (Å²) in [5.41, 5.74) is 2.38. The van der Waals surface area contributed by atoms with Crippen LogP contribution in [-0.2, 0) is 6.54 Å². The van der Waals surface area contributed by atoms with Gasteiger partial charge in [-0.25, -0.2) is 0 Å². The minimum absolute atomic E-state index is 0.962. The Morgan fingerprint density at radius 2 is 2.12 bits per heavy atom. The predicted molar refractivity (Wildman–Crippen MR) is 66.7 cm³/mol. The Labute approximate surface area is 97.3 Å². The molecular weight excluding hydrogens is 200 g/mol. The van der Waals surface area contributed by atoms with E-state index in [1.54, 1.807) is 0 Å². The molecule has 88 valence electrons. The minimum atomic E-state index is 0.962. The SMILES string of the molecule is CN(C)c1ccnc(CN2CCNCC2)c1. The molecule has 1 N–H and O–H groups in total. The monoisotopic (exact) mass is 220 g/mol. The first-order valence-corrected chi connectivity index (χ1v) is 5.81. The van der Waals surface area contributed by atoms with Crippen LogP contribution in [0.5, 0.6) is 0 Å². The average molecular weight is 220 g/mol. The van der Waals surface area contributed by atoms with Crippen LogP contribution >= 0.6 is 0 Å². The Morgan fingerprint density at radius 1 is 1.38 bits per heavy atom. The molecule has 16 heavy (non-hydrogen) atoms. The molecule has 2 rings (SSSR count). The number of piperazine rings is 1. The Morgan fingerprint density at radius 3 is 2.81 bits per heavy atom. The molecule has 0 atom stereocenters. The summed E-state index contributed by atoms with van der Waals surface area (Å²) >= 11 is 0. The molecule has 0 spiro atoms. The molecule has 4 nitrogen and oxygen atoms in total. The van der Waals surface area contributed by atoms with E-state index in [4.69, 9.17) is 0 Å². The molecule has 4 heteroatoms. The van der Waals surface area contributed by atoms with Crippen LogP contribution in [0, 0.1) is 0 Å². The van der Waals surface area contributed by atoms with Crippen LogP contribution < -0.4 is 10.2 Å². The normalized spacial score (nSPS) is 17.4. The average Bonchev–Trinajstić information content (AvgIpc) is 2.30. The summed E-state index contributed by atoms with van der Waals surface area (Å²) in [6.07, 6.45) is 1.90. The van der Waals surface area contributed by atoms with Crippen LogP contribution in [0.3, 0.4) is 0 Å². The second-order valence-corrected chi connectivity index (χ2v) is 4.43. The van der Waals surface area contributed by atoms with Crippen molar-refractivity contribution in [2.24, 2.45) is 0 Å². The first-order valence-electron chi connectivity index (χ1n) is 5.81. The van der Waals surface area contributed by atoms with E-state index in [9.17, 15) is 0 Å². The summed E-state index contributed by atoms with van der Waals surface area (Å²) in [6, 6.07) is 4.21. The predicted octanol–water partition coefficient (Wildman–Crippen LogP) is 0.553. The number of aromatic nitrogens is 1. The number of rotatable bonds is 3. The van der Waals surface area contributed by atoms with Gasteiger partial charge >= 0.3 is 0 Å². The van der Waals surface area contributed by atoms with Gasteiger partial charge in [-0.2, -0.15) is 0 Å². The maximum atomic E-state index is 4.43. The van der Waals surface area contributed by atoms with Gasteiger partial charge in [-0.1, -0.05) is 0 Å². The number of nitrogens with zero attached hydrogens (tertiary/aromatic N) is 3. The number of nitrogens with one attached hydrogen (secondary N) is 1. The Hall–Kier alpha value is -1.13. The minimum Gasteiger partial charge on any atom is -0.378 e. The topological polar surface area (TPSA) is 31.4 Å². The molecule has 1 aromatic rings. The van der Waals surface area contributed by atoms with Crippen molar-refractivity contribution >= 4 is 5.69 Å². The number of hydrogen-bond acceptors (Lipinski definition) is 4. The summed E-state index contributed by atoms with van der Waals surface area (Å²) in [7, 11) is 4.12. The summed E-state index contributed by atoms with van der Waals surface area (Å²) in [5, 5.41) is 3.36. The van der Waals surface area contributed by atoms with Gasteiger partial charge in [0.1, 0.15) is 0 Å². The molecule has 0 unspecified atom stereocenters. The molecule has 0 bridgehead atoms. The van der Waals surface area contributed by atoms with Crippen molar-refractivity contribution < 1.29 is 0 Å². The summed E-state index contributed by atoms with van der Waals surface area (Å²) in [6.45, 7) is 5.38. The van der Waals surface area contributed by atoms with Crippen molar-refractivity contribution in [1.29, 1.82) is 0 Å². The summed E-state index contributed by atoms with van der Waals surface area (Å²) in [4.78, 5) is 8.98. The molecule has 0 radical (unpaired) electrons. The zero-order valence-corrected chi connectivity index (χ0v) is 10.1. The van der Waals surface area contributed by atoms with Gasteiger partial charge in [0.25, 0.3) is 0 Å². The Bertz CT molecular complexity index is 332. The van der Waals surface area contributed by atoms with Crippen LogP contribution in [0.25, 0.3) is 0 Å². The van der Waals surface area contributed by atoms with Gasteiger partial charge in [0.15, 0.2) is 0 Å². The fourth-order valence-corrected chi connectivity index (χ4v) is 1.93. The maximum Gasteiger partial charge on any atom is 0.0564 e. The lowest BCUT2D eigenvalue weighted by Gasteiger charge is -2.27. The highest BCUT2D eigenvalue weighted by atomic mass is 15.2. The van der Waals surface area contributed by atoms with Crippen molar-refractivity contribution in [3.63, 3.8) is 0 Å². The number of anilines is 1. The quantitative estimate of drug-likeness (QED) is 0.806. The first kappa shape index (κ1) is 11.4. The molecule has 1 aliphatic heterocycles. The van der Waals surface area contributed by atoms with Crippen LogP contribution in [0.2, 0.25) is 0 Å². The molecule has 1 aliphatic rings. The van der Waals surface area contributed by atoms with Crippen molar-refractivity contribution in [1.82, 2.24) is 15.2 Å². The summed E-state index contributed by atoms with van der Waals surface area (Å²) in [5.74, 6) is 0. The third-order valence-corrected chi connectivity index (χ3v) is 2.91. The molecule has 1 fully saturated rings. The number of hydrogen-bond donors (Lipinski definition) is 1. The zero-order chi connectivity index (χ0) is 11.4. The largest absolute Gasteiger partial charge is 0.378 e. The van der Waals surface area contributed by atoms with E-state index in [1.165, 1.54) is 5.69 Å². The van der Waals surface area contributed by atoms with E-state index < -0.39 is 0 Å². The molecule has 0 saturated carbocycles. The first-order chi connectivity index (χ1) is 7.75. The van der Waals surface area contributed by atoms with Crippen LogP contribution in [0.15, 0.2) is 18.3 Å². The standard InChI is InChI=1S/C12H20N4/c1-15(2)12-3-4-14-11(9-12)10-16-7-5-13-6-8-16/h3-4,9,13H,5-8,10H2,1-2H3. The maximum absolute atomic E-state index is 4.43. The van der Waals surface area contributed by atoms with Gasteiger partial charge in [0.05, 0.1) is 5.69 Å². The smallest absolute Gasteiger partial charge is 0.0564 e. The lowest BCUT2D eigenvalue weighted by molar-refractivity contribution is 0.231. The van der Waals surface area contributed by atoms with E-state index >= 15 is 0 Å². The second-order valence-electron chi connectivity index (χ2n) is 4.43. The summed E-state index contributed by atoms with van der Waals surface area (Å²) < 4.78 is 0. The fraction of sp³-hybridized carbons (Fsp3) is 0.583. The van der Waals surface area contributed by atoms with Crippen molar-refractivity contribution in [2.75, 3.05) is 45.2 Å². The molecule has 0 aromatic carbocycles. The van der Waals surface area contributed by atoms with E-state index in [0.29, 0.717) is 0 Å². The van der Waals surface area contributed by atoms with E-state index in [0.717, 1.165) is 38.4 Å². The van der Waals surface area contributed by atoms with Crippen molar-refractivity contribution in [2.45, 2.75) is 6.54 Å². The molecule has 0 aliphatic carbocycles. The highest BCUT2D eigenvalue weighted by molar-refractivity contribution is 5.44. The van der Waals surface area contributed by atoms with E-state index in [1.807, 2.05) is 12.3 Å². The van der Waals surface area contributed by atoms with Crippen LogP contribution in [0.4, 0.5) is 5.69 Å². The second kappa shape index (κ2) is 5.27. The van der Waals surface area contributed by atoms with Gasteiger partial charge in [-0.3, -0.25) is 9.88 Å². The highest BCUT2D eigenvalue weighted by Crippen LogP contribution is 2.12. The van der Waals surface area contributed by atoms with Gasteiger partial charge in [0, 0.05) is 58.7 Å². The number of pyridine rings is 1. The van der Waals surface area contributed by atoms with Gasteiger partial charge in [-0.15, -0.1) is 0 Å². The molecular formula is C12H20N4. The molecule has 0 amide bonds. The molecule has 1 aromatic heterocycles. The fourth-order valence-electron chi connectivity index (χ4n) is 1.93. The highest BCUT2D eigenvalue weighted by Gasteiger charge is 2.10. The van der Waals surface area contributed by atoms with Crippen LogP contribution in [-0.4, -0.2) is 50.2 Å². The van der Waals surface area contributed by atoms with E-state index in [-0.39, 0.29) is 0 Å². The van der Waals surface area contributed by atoms with Crippen molar-refractivity contribution in [3.8, 4) is 0 Å². The third kappa shape index (κ3) is 2.93. The van der Waals surface area contributed by atoms with E-state index in [2.05, 4.69) is 40.3 Å². The lowest BCUT2D eigenvalue weighted by atomic mass is 10.2. The third-order valence-electron chi connectivity index (χ3n) is 2.91. The van der Waals surface area contributed by atoms with Crippen molar-refractivity contribution in [3.05, 3.63) is 24.0 Å². The van der Waals surface area contributed by atoms with Gasteiger partial charge in [0.2, 0.25) is 0 Å². The van der Waals surface area contributed by atoms with Gasteiger partial charge < -0.3 is 10.2 Å². The molecule has 2 heterocycles. The van der Waals surface area contributed by atoms with Crippen LogP contribution in [0.1, 0.15) is 5.69 Å². The lowest BCUT2D eigenvalue weighted by Crippen LogP contribution is -2.43. The zero-order valence-electron chi connectivity index (χ0n) is 10.1. The van der Waals surface area contributed by atoms with Gasteiger partial charge in [-0.05, 0) is 12.1 Å². The Balaban J connectivity index is 2.00.